The third kappa shape index (κ3) is 3.40. The standard InChI is InChI=1S/C10H13BClNO4.C2H6/c12-6-1-2-7(16-4-3-14)10-9(6)8(5-13)17-11(10)15;1-2/h1-2,8,14-15H,3-5,13H2;1-2H3. The molecule has 0 spiro atoms. The Balaban J connectivity index is 0.000000861. The van der Waals surface area contributed by atoms with Crippen molar-refractivity contribution in [2.24, 2.45) is 5.73 Å². The van der Waals surface area contributed by atoms with Crippen LogP contribution < -0.4 is 15.9 Å². The first-order valence-corrected chi connectivity index (χ1v) is 6.66. The van der Waals surface area contributed by atoms with E-state index < -0.39 is 13.2 Å². The van der Waals surface area contributed by atoms with Crippen LogP contribution >= 0.6 is 11.6 Å². The minimum atomic E-state index is -1.09. The predicted molar refractivity (Wildman–Crippen MR) is 75.9 cm³/mol. The SMILES string of the molecule is CC.NCC1OB(O)c2c(OCCO)ccc(Cl)c21. The lowest BCUT2D eigenvalue weighted by molar-refractivity contribution is 0.197. The summed E-state index contributed by atoms with van der Waals surface area (Å²) in [7, 11) is -1.09. The number of ether oxygens (including phenoxy) is 1. The molecule has 0 bridgehead atoms. The summed E-state index contributed by atoms with van der Waals surface area (Å²) in [6.45, 7) is 4.27. The van der Waals surface area contributed by atoms with Crippen LogP contribution in [0.5, 0.6) is 5.75 Å². The van der Waals surface area contributed by atoms with Crippen LogP contribution in [0.1, 0.15) is 25.5 Å². The Labute approximate surface area is 118 Å². The van der Waals surface area contributed by atoms with Gasteiger partial charge in [0.1, 0.15) is 12.4 Å². The highest BCUT2D eigenvalue weighted by molar-refractivity contribution is 6.63. The Kier molecular flexibility index (Phi) is 6.61. The van der Waals surface area contributed by atoms with E-state index in [-0.39, 0.29) is 19.8 Å². The third-order valence-corrected chi connectivity index (χ3v) is 2.95. The maximum Gasteiger partial charge on any atom is 0.495 e. The van der Waals surface area contributed by atoms with E-state index in [2.05, 4.69) is 0 Å². The zero-order chi connectivity index (χ0) is 14.4. The van der Waals surface area contributed by atoms with Gasteiger partial charge >= 0.3 is 7.12 Å². The van der Waals surface area contributed by atoms with Crippen LogP contribution in [0.3, 0.4) is 0 Å². The van der Waals surface area contributed by atoms with Gasteiger partial charge in [0, 0.05) is 22.6 Å². The molecule has 4 N–H and O–H groups in total. The van der Waals surface area contributed by atoms with Gasteiger partial charge in [0.05, 0.1) is 12.7 Å². The molecule has 0 amide bonds. The van der Waals surface area contributed by atoms with E-state index in [0.717, 1.165) is 0 Å². The lowest BCUT2D eigenvalue weighted by atomic mass is 9.78. The molecule has 7 heteroatoms. The topological polar surface area (TPSA) is 84.9 Å². The van der Waals surface area contributed by atoms with Crippen LogP contribution in [-0.2, 0) is 4.65 Å². The van der Waals surface area contributed by atoms with Crippen LogP contribution in [0.15, 0.2) is 12.1 Å². The highest BCUT2D eigenvalue weighted by atomic mass is 35.5. The molecule has 0 radical (unpaired) electrons. The van der Waals surface area contributed by atoms with Crippen molar-refractivity contribution in [2.75, 3.05) is 19.8 Å². The van der Waals surface area contributed by atoms with Crippen molar-refractivity contribution in [2.45, 2.75) is 20.0 Å². The van der Waals surface area contributed by atoms with Crippen LogP contribution in [0.25, 0.3) is 0 Å². The normalized spacial score (nSPS) is 16.7. The van der Waals surface area contributed by atoms with Gasteiger partial charge in [-0.2, -0.15) is 0 Å². The van der Waals surface area contributed by atoms with Crippen LogP contribution in [-0.4, -0.2) is 37.0 Å². The summed E-state index contributed by atoms with van der Waals surface area (Å²) in [5.74, 6) is 0.460. The monoisotopic (exact) mass is 287 g/mol. The predicted octanol–water partition coefficient (Wildman–Crippen LogP) is 0.455. The molecule has 2 rings (SSSR count). The average Bonchev–Trinajstić information content (AvgIpc) is 2.79. The van der Waals surface area contributed by atoms with E-state index in [1.807, 2.05) is 13.8 Å². The van der Waals surface area contributed by atoms with Crippen molar-refractivity contribution < 1.29 is 19.5 Å². The summed E-state index contributed by atoms with van der Waals surface area (Å²) in [6, 6.07) is 3.31. The number of benzene rings is 1. The van der Waals surface area contributed by atoms with Gasteiger partial charge in [-0.15, -0.1) is 0 Å². The minimum Gasteiger partial charge on any atom is -0.492 e. The van der Waals surface area contributed by atoms with Gasteiger partial charge in [-0.3, -0.25) is 0 Å². The number of nitrogens with two attached hydrogens (primary N) is 1. The zero-order valence-corrected chi connectivity index (χ0v) is 11.9. The number of hydrogen-bond acceptors (Lipinski definition) is 5. The molecule has 19 heavy (non-hydrogen) atoms. The van der Waals surface area contributed by atoms with E-state index in [1.165, 1.54) is 0 Å². The fraction of sp³-hybridized carbons (Fsp3) is 0.500. The van der Waals surface area contributed by atoms with Crippen molar-refractivity contribution >= 4 is 24.2 Å². The smallest absolute Gasteiger partial charge is 0.492 e. The second-order valence-electron chi connectivity index (χ2n) is 3.66. The Hall–Kier alpha value is -0.785. The number of aliphatic hydroxyl groups is 1. The Morgan fingerprint density at radius 2 is 2.16 bits per heavy atom. The molecular formula is C12H19BClNO4. The summed E-state index contributed by atoms with van der Waals surface area (Å²) in [4.78, 5) is 0. The molecule has 1 unspecified atom stereocenters. The summed E-state index contributed by atoms with van der Waals surface area (Å²) in [5, 5.41) is 19.0. The Morgan fingerprint density at radius 1 is 1.47 bits per heavy atom. The molecule has 1 aliphatic rings. The van der Waals surface area contributed by atoms with E-state index in [1.54, 1.807) is 12.1 Å². The molecule has 1 aliphatic heterocycles. The number of halogens is 1. The van der Waals surface area contributed by atoms with Gasteiger partial charge in [0.15, 0.2) is 0 Å². The van der Waals surface area contributed by atoms with Crippen molar-refractivity contribution in [3.8, 4) is 5.75 Å². The molecule has 1 atom stereocenters. The molecule has 0 aliphatic carbocycles. The lowest BCUT2D eigenvalue weighted by Crippen LogP contribution is -2.30. The average molecular weight is 288 g/mol. The maximum atomic E-state index is 9.81. The molecule has 1 aromatic rings. The second-order valence-corrected chi connectivity index (χ2v) is 4.06. The number of rotatable bonds is 4. The van der Waals surface area contributed by atoms with Crippen molar-refractivity contribution in [1.29, 1.82) is 0 Å². The van der Waals surface area contributed by atoms with Crippen LogP contribution in [0.4, 0.5) is 0 Å². The number of aliphatic hydroxyl groups excluding tert-OH is 1. The highest BCUT2D eigenvalue weighted by Gasteiger charge is 2.39. The zero-order valence-electron chi connectivity index (χ0n) is 11.1. The fourth-order valence-corrected chi connectivity index (χ4v) is 2.20. The summed E-state index contributed by atoms with van der Waals surface area (Å²) in [5.41, 5.74) is 6.72. The second kappa shape index (κ2) is 7.72. The molecule has 1 aromatic carbocycles. The van der Waals surface area contributed by atoms with Crippen molar-refractivity contribution in [1.82, 2.24) is 0 Å². The molecule has 1 heterocycles. The third-order valence-electron chi connectivity index (χ3n) is 2.62. The largest absolute Gasteiger partial charge is 0.495 e. The first-order valence-electron chi connectivity index (χ1n) is 6.28. The molecule has 0 aromatic heterocycles. The number of fused-ring (bicyclic) bond motifs is 1. The Bertz CT molecular complexity index is 419. The first kappa shape index (κ1) is 16.3. The van der Waals surface area contributed by atoms with Gasteiger partial charge in [0.25, 0.3) is 0 Å². The summed E-state index contributed by atoms with van der Waals surface area (Å²) in [6.07, 6.45) is -0.426. The molecule has 0 saturated heterocycles. The van der Waals surface area contributed by atoms with Gasteiger partial charge < -0.3 is 25.3 Å². The van der Waals surface area contributed by atoms with E-state index in [4.69, 9.17) is 31.8 Å². The van der Waals surface area contributed by atoms with Gasteiger partial charge in [-0.05, 0) is 12.1 Å². The van der Waals surface area contributed by atoms with Crippen molar-refractivity contribution in [3.05, 3.63) is 22.7 Å². The maximum absolute atomic E-state index is 9.81. The van der Waals surface area contributed by atoms with Crippen LogP contribution in [0.2, 0.25) is 5.02 Å². The molecule has 106 valence electrons. The van der Waals surface area contributed by atoms with Crippen LogP contribution in [0, 0.1) is 0 Å². The Morgan fingerprint density at radius 3 is 2.74 bits per heavy atom. The summed E-state index contributed by atoms with van der Waals surface area (Å²) < 4.78 is 10.6. The molecular weight excluding hydrogens is 268 g/mol. The minimum absolute atomic E-state index is 0.103. The molecule has 5 nitrogen and oxygen atoms in total. The van der Waals surface area contributed by atoms with E-state index in [0.29, 0.717) is 21.8 Å². The number of hydrogen-bond donors (Lipinski definition) is 3. The molecule has 0 fully saturated rings. The first-order chi connectivity index (χ1) is 9.19. The van der Waals surface area contributed by atoms with Crippen molar-refractivity contribution in [3.63, 3.8) is 0 Å². The molecule has 0 saturated carbocycles. The lowest BCUT2D eigenvalue weighted by Gasteiger charge is -2.12. The van der Waals surface area contributed by atoms with Gasteiger partial charge in [0.2, 0.25) is 0 Å². The quantitative estimate of drug-likeness (QED) is 0.700. The van der Waals surface area contributed by atoms with E-state index >= 15 is 0 Å². The fourth-order valence-electron chi connectivity index (χ4n) is 1.92. The summed E-state index contributed by atoms with van der Waals surface area (Å²) >= 11 is 6.06. The van der Waals surface area contributed by atoms with Gasteiger partial charge in [-0.25, -0.2) is 0 Å². The highest BCUT2D eigenvalue weighted by Crippen LogP contribution is 2.32. The van der Waals surface area contributed by atoms with Gasteiger partial charge in [-0.1, -0.05) is 25.4 Å². The van der Waals surface area contributed by atoms with E-state index in [9.17, 15) is 5.02 Å².